The monoisotopic (exact) mass is 287 g/mol. The van der Waals surface area contributed by atoms with Crippen LogP contribution in [0.4, 0.5) is 0 Å². The lowest BCUT2D eigenvalue weighted by molar-refractivity contribution is -0.0128. The molecule has 6 nitrogen and oxygen atoms in total. The van der Waals surface area contributed by atoms with Gasteiger partial charge in [0.15, 0.2) is 0 Å². The molecule has 0 aromatic carbocycles. The molecule has 2 aliphatic rings. The van der Waals surface area contributed by atoms with Crippen LogP contribution in [0.5, 0.6) is 0 Å². The average Bonchev–Trinajstić information content (AvgIpc) is 2.46. The molecule has 0 bridgehead atoms. The molecular weight excluding hydrogens is 270 g/mol. The minimum atomic E-state index is 0. The van der Waals surface area contributed by atoms with E-state index < -0.39 is 0 Å². The van der Waals surface area contributed by atoms with Gasteiger partial charge in [-0.25, -0.2) is 0 Å². The molecule has 0 saturated carbocycles. The van der Waals surface area contributed by atoms with Crippen molar-refractivity contribution in [2.45, 2.75) is 6.42 Å². The lowest BCUT2D eigenvalue weighted by Crippen LogP contribution is -2.37. The topological polar surface area (TPSA) is 67.3 Å². The van der Waals surface area contributed by atoms with Gasteiger partial charge in [0.05, 0.1) is 33.1 Å². The summed E-state index contributed by atoms with van der Waals surface area (Å²) in [6.45, 7) is 3.05. The summed E-state index contributed by atoms with van der Waals surface area (Å²) >= 11 is 0. The molecule has 0 unspecified atom stereocenters. The van der Waals surface area contributed by atoms with E-state index in [4.69, 9.17) is 19.7 Å². The smallest absolute Gasteiger partial charge is 0.340 e. The van der Waals surface area contributed by atoms with Gasteiger partial charge in [0, 0.05) is 19.2 Å². The minimum absolute atomic E-state index is 0. The molecule has 0 aromatic heterocycles. The van der Waals surface area contributed by atoms with Crippen LogP contribution in [0.3, 0.4) is 0 Å². The standard InChI is InChI=1S/C12H17N3O3.ClH/c1-16-11-8-10(15-3-5-18-6-4-15)12(17-2)7-9(11)14-13;/h8H,3-7H2,1-2H3;1H. The van der Waals surface area contributed by atoms with Crippen LogP contribution >= 0.6 is 12.4 Å². The number of morpholine rings is 1. The number of halogens is 1. The molecule has 0 atom stereocenters. The second-order valence-electron chi connectivity index (χ2n) is 4.05. The second-order valence-corrected chi connectivity index (χ2v) is 4.05. The molecule has 0 amide bonds. The van der Waals surface area contributed by atoms with Crippen molar-refractivity contribution in [3.8, 4) is 0 Å². The molecule has 0 spiro atoms. The van der Waals surface area contributed by atoms with Gasteiger partial charge in [-0.15, -0.1) is 12.4 Å². The van der Waals surface area contributed by atoms with Gasteiger partial charge in [-0.05, 0) is 0 Å². The van der Waals surface area contributed by atoms with E-state index >= 15 is 0 Å². The molecule has 0 radical (unpaired) electrons. The molecule has 19 heavy (non-hydrogen) atoms. The third-order valence-corrected chi connectivity index (χ3v) is 3.10. The zero-order valence-corrected chi connectivity index (χ0v) is 11.9. The first-order valence-corrected chi connectivity index (χ1v) is 5.87. The van der Waals surface area contributed by atoms with Crippen LogP contribution in [0.2, 0.25) is 0 Å². The van der Waals surface area contributed by atoms with Crippen LogP contribution in [0.1, 0.15) is 6.42 Å². The van der Waals surface area contributed by atoms with Gasteiger partial charge in [0.25, 0.3) is 0 Å². The molecule has 1 aliphatic carbocycles. The molecule has 2 rings (SSSR count). The van der Waals surface area contributed by atoms with Crippen molar-refractivity contribution in [2.75, 3.05) is 40.5 Å². The van der Waals surface area contributed by atoms with E-state index in [-0.39, 0.29) is 12.4 Å². The van der Waals surface area contributed by atoms with Crippen LogP contribution in [0.25, 0.3) is 5.53 Å². The Bertz CT molecular complexity index is 436. The van der Waals surface area contributed by atoms with E-state index in [0.717, 1.165) is 24.5 Å². The molecule has 1 fully saturated rings. The van der Waals surface area contributed by atoms with E-state index in [9.17, 15) is 0 Å². The molecule has 1 heterocycles. The number of rotatable bonds is 3. The van der Waals surface area contributed by atoms with Crippen molar-refractivity contribution in [2.24, 2.45) is 0 Å². The average molecular weight is 288 g/mol. The molecule has 106 valence electrons. The van der Waals surface area contributed by atoms with Gasteiger partial charge < -0.3 is 24.6 Å². The number of ether oxygens (including phenoxy) is 3. The molecule has 0 aromatic rings. The van der Waals surface area contributed by atoms with Crippen molar-refractivity contribution in [3.05, 3.63) is 28.8 Å². The van der Waals surface area contributed by atoms with E-state index in [1.807, 2.05) is 6.08 Å². The SMILES string of the molecule is COC1=CC(N2CCOCC2)=C(OC)CC1=[N+]=[N-].Cl. The van der Waals surface area contributed by atoms with E-state index in [1.165, 1.54) is 0 Å². The maximum atomic E-state index is 8.96. The Labute approximate surface area is 118 Å². The van der Waals surface area contributed by atoms with Crippen LogP contribution < -0.4 is 0 Å². The molecule has 7 heteroatoms. The Morgan fingerprint density at radius 2 is 1.95 bits per heavy atom. The number of hydrogen-bond acceptors (Lipinski definition) is 4. The quantitative estimate of drug-likeness (QED) is 0.578. The zero-order valence-electron chi connectivity index (χ0n) is 11.1. The van der Waals surface area contributed by atoms with E-state index in [0.29, 0.717) is 31.1 Å². The summed E-state index contributed by atoms with van der Waals surface area (Å²) in [6.07, 6.45) is 2.28. The van der Waals surface area contributed by atoms with Gasteiger partial charge >= 0.3 is 5.71 Å². The third kappa shape index (κ3) is 3.29. The highest BCUT2D eigenvalue weighted by Gasteiger charge is 2.30. The van der Waals surface area contributed by atoms with Crippen molar-refractivity contribution in [1.82, 2.24) is 4.90 Å². The molecular formula is C12H18ClN3O3. The lowest BCUT2D eigenvalue weighted by Gasteiger charge is -2.32. The van der Waals surface area contributed by atoms with Crippen LogP contribution in [-0.2, 0) is 14.2 Å². The van der Waals surface area contributed by atoms with Crippen molar-refractivity contribution in [3.63, 3.8) is 0 Å². The zero-order chi connectivity index (χ0) is 13.0. The first kappa shape index (κ1) is 15.6. The van der Waals surface area contributed by atoms with Gasteiger partial charge in [0.2, 0.25) is 5.76 Å². The lowest BCUT2D eigenvalue weighted by atomic mass is 10.0. The second kappa shape index (κ2) is 7.19. The fraction of sp³-hybridized carbons (Fsp3) is 0.583. The summed E-state index contributed by atoms with van der Waals surface area (Å²) in [6, 6.07) is 0. The maximum absolute atomic E-state index is 8.96. The van der Waals surface area contributed by atoms with E-state index in [1.54, 1.807) is 14.2 Å². The molecule has 1 aliphatic heterocycles. The van der Waals surface area contributed by atoms with Crippen LogP contribution in [0, 0.1) is 0 Å². The fourth-order valence-electron chi connectivity index (χ4n) is 2.13. The predicted molar refractivity (Wildman–Crippen MR) is 72.0 cm³/mol. The normalized spacial score (nSPS) is 19.4. The highest BCUT2D eigenvalue weighted by atomic mass is 35.5. The van der Waals surface area contributed by atoms with Crippen molar-refractivity contribution in [1.29, 1.82) is 0 Å². The Hall–Kier alpha value is -1.49. The summed E-state index contributed by atoms with van der Waals surface area (Å²) in [5, 5.41) is 0. The third-order valence-electron chi connectivity index (χ3n) is 3.10. The fourth-order valence-corrected chi connectivity index (χ4v) is 2.13. The van der Waals surface area contributed by atoms with Gasteiger partial charge in [-0.1, -0.05) is 0 Å². The first-order valence-electron chi connectivity index (χ1n) is 5.87. The number of methoxy groups -OCH3 is 2. The van der Waals surface area contributed by atoms with Crippen LogP contribution in [-0.4, -0.2) is 55.9 Å². The minimum Gasteiger partial charge on any atom is -0.498 e. The number of allylic oxidation sites excluding steroid dienone is 3. The Kier molecular flexibility index (Phi) is 5.89. The summed E-state index contributed by atoms with van der Waals surface area (Å²) < 4.78 is 16.0. The van der Waals surface area contributed by atoms with Crippen LogP contribution in [0.15, 0.2) is 23.3 Å². The number of hydrogen-bond donors (Lipinski definition) is 0. The summed E-state index contributed by atoms with van der Waals surface area (Å²) in [5.41, 5.74) is 10.4. The van der Waals surface area contributed by atoms with Crippen molar-refractivity contribution >= 4 is 18.1 Å². The Balaban J connectivity index is 0.00000180. The summed E-state index contributed by atoms with van der Waals surface area (Å²) in [7, 11) is 3.18. The summed E-state index contributed by atoms with van der Waals surface area (Å²) in [5.74, 6) is 1.35. The number of nitrogens with zero attached hydrogens (tertiary/aromatic N) is 3. The highest BCUT2D eigenvalue weighted by Crippen LogP contribution is 2.25. The van der Waals surface area contributed by atoms with E-state index in [2.05, 4.69) is 9.69 Å². The molecule has 1 saturated heterocycles. The largest absolute Gasteiger partial charge is 0.498 e. The molecule has 0 N–H and O–H groups in total. The summed E-state index contributed by atoms with van der Waals surface area (Å²) in [4.78, 5) is 5.43. The maximum Gasteiger partial charge on any atom is 0.340 e. The van der Waals surface area contributed by atoms with Gasteiger partial charge in [-0.3, -0.25) is 0 Å². The Morgan fingerprint density at radius 3 is 2.47 bits per heavy atom. The van der Waals surface area contributed by atoms with Crippen molar-refractivity contribution < 1.29 is 19.0 Å². The van der Waals surface area contributed by atoms with Gasteiger partial charge in [0.1, 0.15) is 12.2 Å². The first-order chi connectivity index (χ1) is 8.80. The highest BCUT2D eigenvalue weighted by molar-refractivity contribution is 5.97. The predicted octanol–water partition coefficient (Wildman–Crippen LogP) is 1.20. The Morgan fingerprint density at radius 1 is 1.26 bits per heavy atom. The van der Waals surface area contributed by atoms with Gasteiger partial charge in [-0.2, -0.15) is 4.79 Å².